The minimum Gasteiger partial charge on any atom is -0.360 e. The topological polar surface area (TPSA) is 45.2 Å². The van der Waals surface area contributed by atoms with Crippen LogP contribution >= 0.6 is 22.7 Å². The van der Waals surface area contributed by atoms with Crippen molar-refractivity contribution >= 4 is 40.0 Å². The first-order valence-corrected chi connectivity index (χ1v) is 11.1. The molecule has 1 amide bonds. The Hall–Kier alpha value is -2.96. The average Bonchev–Trinajstić information content (AvgIpc) is 3.38. The summed E-state index contributed by atoms with van der Waals surface area (Å²) in [6.07, 6.45) is -0.265. The Morgan fingerprint density at radius 1 is 1.03 bits per heavy atom. The number of hydrogen-bond acceptors (Lipinski definition) is 5. The molecule has 0 fully saturated rings. The van der Waals surface area contributed by atoms with Gasteiger partial charge in [0.1, 0.15) is 6.17 Å². The van der Waals surface area contributed by atoms with Gasteiger partial charge in [0.25, 0.3) is 5.91 Å². The fraction of sp³-hybridized carbons (Fsp3) is 0.130. The number of carbonyl (C=O) groups excluding carboxylic acids is 1. The molecule has 0 radical (unpaired) electrons. The van der Waals surface area contributed by atoms with E-state index >= 15 is 0 Å². The van der Waals surface area contributed by atoms with Crippen molar-refractivity contribution < 1.29 is 4.79 Å². The number of benzene rings is 2. The summed E-state index contributed by atoms with van der Waals surface area (Å²) in [5, 5.41) is 6.72. The number of aryl methyl sites for hydroxylation is 2. The molecule has 3 heterocycles. The molecule has 0 spiro atoms. The first kappa shape index (κ1) is 18.1. The van der Waals surface area contributed by atoms with Crippen LogP contribution in [0.4, 0.5) is 11.4 Å². The van der Waals surface area contributed by atoms with Crippen molar-refractivity contribution in [1.29, 1.82) is 0 Å². The second kappa shape index (κ2) is 7.13. The van der Waals surface area contributed by atoms with E-state index in [9.17, 15) is 4.79 Å². The third-order valence-electron chi connectivity index (χ3n) is 4.98. The average molecular weight is 418 g/mol. The van der Waals surface area contributed by atoms with Crippen LogP contribution in [0.15, 0.2) is 66.0 Å². The maximum Gasteiger partial charge on any atom is 0.262 e. The molecule has 1 unspecified atom stereocenters. The predicted molar refractivity (Wildman–Crippen MR) is 121 cm³/mol. The van der Waals surface area contributed by atoms with E-state index in [2.05, 4.69) is 27.8 Å². The lowest BCUT2D eigenvalue weighted by atomic mass is 10.0. The van der Waals surface area contributed by atoms with Crippen LogP contribution in [0.25, 0.3) is 10.6 Å². The van der Waals surface area contributed by atoms with Gasteiger partial charge in [-0.05, 0) is 50.2 Å². The summed E-state index contributed by atoms with van der Waals surface area (Å²) in [7, 11) is 0. The normalized spacial score (nSPS) is 15.9. The zero-order valence-electron chi connectivity index (χ0n) is 16.0. The van der Waals surface area contributed by atoms with E-state index in [1.165, 1.54) is 0 Å². The van der Waals surface area contributed by atoms with Crippen LogP contribution in [0, 0.1) is 13.8 Å². The predicted octanol–water partition coefficient (Wildman–Crippen LogP) is 6.26. The number of amides is 1. The zero-order chi connectivity index (χ0) is 20.0. The molecular weight excluding hydrogens is 398 g/mol. The highest BCUT2D eigenvalue weighted by Gasteiger charge is 2.35. The first-order chi connectivity index (χ1) is 14.1. The number of para-hydroxylation sites is 1. The van der Waals surface area contributed by atoms with E-state index in [0.29, 0.717) is 5.56 Å². The van der Waals surface area contributed by atoms with Gasteiger partial charge >= 0.3 is 0 Å². The summed E-state index contributed by atoms with van der Waals surface area (Å²) in [5.74, 6) is 0.0121. The van der Waals surface area contributed by atoms with Gasteiger partial charge in [-0.15, -0.1) is 22.7 Å². The summed E-state index contributed by atoms with van der Waals surface area (Å²) in [6.45, 7) is 4.02. The number of carbonyl (C=O) groups is 1. The minimum absolute atomic E-state index is 0.0121. The van der Waals surface area contributed by atoms with Gasteiger partial charge in [0.2, 0.25) is 0 Å². The lowest BCUT2D eigenvalue weighted by Gasteiger charge is -2.37. The van der Waals surface area contributed by atoms with Crippen molar-refractivity contribution in [3.8, 4) is 10.6 Å². The van der Waals surface area contributed by atoms with Crippen LogP contribution in [0.3, 0.4) is 0 Å². The van der Waals surface area contributed by atoms with Gasteiger partial charge in [0, 0.05) is 21.6 Å². The Morgan fingerprint density at radius 3 is 2.62 bits per heavy atom. The molecule has 5 rings (SSSR count). The fourth-order valence-corrected chi connectivity index (χ4v) is 5.29. The molecule has 1 aliphatic rings. The van der Waals surface area contributed by atoms with Crippen LogP contribution in [0.5, 0.6) is 0 Å². The molecule has 29 heavy (non-hydrogen) atoms. The van der Waals surface area contributed by atoms with Gasteiger partial charge in [-0.1, -0.05) is 29.8 Å². The molecule has 4 aromatic rings. The lowest BCUT2D eigenvalue weighted by Crippen LogP contribution is -2.42. The molecule has 0 aliphatic carbocycles. The summed E-state index contributed by atoms with van der Waals surface area (Å²) in [4.78, 5) is 22.2. The number of thiophene rings is 1. The molecule has 0 saturated heterocycles. The number of nitrogens with one attached hydrogen (secondary N) is 1. The Bertz CT molecular complexity index is 1200. The van der Waals surface area contributed by atoms with Crippen LogP contribution < -0.4 is 10.2 Å². The maximum absolute atomic E-state index is 13.5. The Labute approximate surface area is 177 Å². The van der Waals surface area contributed by atoms with E-state index in [0.717, 1.165) is 37.4 Å². The summed E-state index contributed by atoms with van der Waals surface area (Å²) in [6, 6.07) is 20.0. The number of anilines is 2. The van der Waals surface area contributed by atoms with Crippen molar-refractivity contribution in [2.24, 2.45) is 0 Å². The van der Waals surface area contributed by atoms with E-state index in [1.807, 2.05) is 67.3 Å². The second-order valence-corrected chi connectivity index (χ2v) is 9.24. The van der Waals surface area contributed by atoms with Crippen LogP contribution in [0.2, 0.25) is 0 Å². The highest BCUT2D eigenvalue weighted by Crippen LogP contribution is 2.41. The van der Waals surface area contributed by atoms with E-state index in [4.69, 9.17) is 0 Å². The van der Waals surface area contributed by atoms with Crippen LogP contribution in [-0.4, -0.2) is 10.9 Å². The SMILES string of the molecule is Cc1ccc2c(c1)C(=O)N(c1ccccc1)C(c1ccc(-c3csc(C)n3)s1)N2. The third-order valence-corrected chi connectivity index (χ3v) is 6.91. The molecule has 1 atom stereocenters. The summed E-state index contributed by atoms with van der Waals surface area (Å²) in [5.41, 5.74) is 4.52. The number of thiazole rings is 1. The largest absolute Gasteiger partial charge is 0.360 e. The lowest BCUT2D eigenvalue weighted by molar-refractivity contribution is 0.0975. The van der Waals surface area contributed by atoms with Crippen LogP contribution in [0.1, 0.15) is 32.0 Å². The molecule has 1 N–H and O–H groups in total. The summed E-state index contributed by atoms with van der Waals surface area (Å²) >= 11 is 3.32. The highest BCUT2D eigenvalue weighted by atomic mass is 32.1. The van der Waals surface area contributed by atoms with Gasteiger partial charge in [0.15, 0.2) is 0 Å². The van der Waals surface area contributed by atoms with Crippen molar-refractivity contribution in [2.75, 3.05) is 10.2 Å². The zero-order valence-corrected chi connectivity index (χ0v) is 17.7. The molecule has 144 valence electrons. The van der Waals surface area contributed by atoms with Gasteiger partial charge in [-0.25, -0.2) is 4.98 Å². The third kappa shape index (κ3) is 3.24. The monoisotopic (exact) mass is 417 g/mol. The first-order valence-electron chi connectivity index (χ1n) is 9.38. The fourth-order valence-electron chi connectivity index (χ4n) is 3.59. The molecule has 4 nitrogen and oxygen atoms in total. The van der Waals surface area contributed by atoms with Gasteiger partial charge < -0.3 is 5.32 Å². The standard InChI is InChI=1S/C23H19N3OS2/c1-14-8-9-18-17(12-14)23(27)26(16-6-4-3-5-7-16)22(25-18)21-11-10-20(29-21)19-13-28-15(2)24-19/h3-13,22,25H,1-2H3. The number of rotatable bonds is 3. The Morgan fingerprint density at radius 2 is 1.86 bits per heavy atom. The quantitative estimate of drug-likeness (QED) is 0.428. The van der Waals surface area contributed by atoms with Crippen molar-refractivity contribution in [1.82, 2.24) is 4.98 Å². The summed E-state index contributed by atoms with van der Waals surface area (Å²) < 4.78 is 0. The number of nitrogens with zero attached hydrogens (tertiary/aromatic N) is 2. The Balaban J connectivity index is 1.61. The Kier molecular flexibility index (Phi) is 4.45. The van der Waals surface area contributed by atoms with Crippen molar-refractivity contribution in [3.05, 3.63) is 87.1 Å². The van der Waals surface area contributed by atoms with Crippen molar-refractivity contribution in [3.63, 3.8) is 0 Å². The molecule has 2 aromatic carbocycles. The van der Waals surface area contributed by atoms with Crippen molar-refractivity contribution in [2.45, 2.75) is 20.0 Å². The van der Waals surface area contributed by atoms with Gasteiger partial charge in [0.05, 0.1) is 21.1 Å². The van der Waals surface area contributed by atoms with Gasteiger partial charge in [-0.3, -0.25) is 9.69 Å². The number of hydrogen-bond donors (Lipinski definition) is 1. The van der Waals surface area contributed by atoms with E-state index in [1.54, 1.807) is 22.7 Å². The number of fused-ring (bicyclic) bond motifs is 1. The van der Waals surface area contributed by atoms with Crippen LogP contribution in [-0.2, 0) is 0 Å². The number of aromatic nitrogens is 1. The molecule has 1 aliphatic heterocycles. The molecule has 6 heteroatoms. The van der Waals surface area contributed by atoms with E-state index < -0.39 is 0 Å². The second-order valence-electron chi connectivity index (χ2n) is 7.06. The van der Waals surface area contributed by atoms with Gasteiger partial charge in [-0.2, -0.15) is 0 Å². The molecule has 0 saturated carbocycles. The minimum atomic E-state index is -0.265. The maximum atomic E-state index is 13.5. The smallest absolute Gasteiger partial charge is 0.262 e. The molecular formula is C23H19N3OS2. The molecule has 0 bridgehead atoms. The highest BCUT2D eigenvalue weighted by molar-refractivity contribution is 7.16. The molecule has 2 aromatic heterocycles. The van der Waals surface area contributed by atoms with E-state index in [-0.39, 0.29) is 12.1 Å².